The fraction of sp³-hybridized carbons (Fsp3) is 0.208. The van der Waals surface area contributed by atoms with Crippen molar-refractivity contribution in [2.75, 3.05) is 32.6 Å². The summed E-state index contributed by atoms with van der Waals surface area (Å²) in [7, 11) is 0.739. The molecule has 1 amide bonds. The van der Waals surface area contributed by atoms with Crippen LogP contribution in [0.1, 0.15) is 15.9 Å². The Balaban J connectivity index is 1.71. The van der Waals surface area contributed by atoms with Crippen molar-refractivity contribution in [3.63, 3.8) is 0 Å². The minimum Gasteiger partial charge on any atom is -0.496 e. The topological polar surface area (TPSA) is 103 Å². The minimum atomic E-state index is -3.91. The number of hydrogen-bond donors (Lipinski definition) is 2. The molecule has 0 bridgehead atoms. The average Bonchev–Trinajstić information content (AvgIpc) is 2.83. The highest BCUT2D eigenvalue weighted by Crippen LogP contribution is 2.28. The smallest absolute Gasteiger partial charge is 0.261 e. The van der Waals surface area contributed by atoms with Crippen molar-refractivity contribution in [2.24, 2.45) is 0 Å². The van der Waals surface area contributed by atoms with Gasteiger partial charge in [0.05, 0.1) is 41.0 Å². The maximum Gasteiger partial charge on any atom is 0.261 e. The second kappa shape index (κ2) is 11.4. The molecule has 34 heavy (non-hydrogen) atoms. The number of carbonyl (C=O) groups is 1. The Labute approximate surface area is 212 Å². The van der Waals surface area contributed by atoms with E-state index in [1.165, 1.54) is 19.2 Å². The van der Waals surface area contributed by atoms with Gasteiger partial charge in [-0.2, -0.15) is 0 Å². The van der Waals surface area contributed by atoms with Gasteiger partial charge in [0, 0.05) is 6.54 Å². The van der Waals surface area contributed by atoms with E-state index in [9.17, 15) is 13.2 Å². The summed E-state index contributed by atoms with van der Waals surface area (Å²) in [4.78, 5) is 12.9. The lowest BCUT2D eigenvalue weighted by molar-refractivity contribution is 0.0955. The van der Waals surface area contributed by atoms with Crippen LogP contribution in [0.3, 0.4) is 0 Å². The number of nitrogens with one attached hydrogen (secondary N) is 2. The molecule has 8 nitrogen and oxygen atoms in total. The van der Waals surface area contributed by atoms with Crippen molar-refractivity contribution in [1.82, 2.24) is 5.32 Å². The summed E-state index contributed by atoms with van der Waals surface area (Å²) in [5.74, 6) is 1.43. The van der Waals surface area contributed by atoms with Crippen molar-refractivity contribution in [3.8, 4) is 17.2 Å². The summed E-state index contributed by atoms with van der Waals surface area (Å²) < 4.78 is 44.8. The monoisotopic (exact) mass is 596 g/mol. The van der Waals surface area contributed by atoms with E-state index in [1.54, 1.807) is 50.6 Å². The van der Waals surface area contributed by atoms with Gasteiger partial charge in [-0.05, 0) is 77.0 Å². The zero-order valence-corrected chi connectivity index (χ0v) is 21.9. The highest BCUT2D eigenvalue weighted by atomic mass is 127. The summed E-state index contributed by atoms with van der Waals surface area (Å²) in [6.45, 7) is 0.353. The van der Waals surface area contributed by atoms with E-state index >= 15 is 0 Å². The van der Waals surface area contributed by atoms with Crippen molar-refractivity contribution < 1.29 is 27.4 Å². The molecule has 3 aromatic carbocycles. The van der Waals surface area contributed by atoms with Crippen molar-refractivity contribution >= 4 is 44.2 Å². The Morgan fingerprint density at radius 3 is 2.24 bits per heavy atom. The number of ether oxygens (including phenoxy) is 3. The van der Waals surface area contributed by atoms with Gasteiger partial charge in [-0.1, -0.05) is 18.2 Å². The normalized spacial score (nSPS) is 10.9. The number of para-hydroxylation sites is 1. The molecule has 0 aromatic heterocycles. The zero-order chi connectivity index (χ0) is 24.7. The highest BCUT2D eigenvalue weighted by Gasteiger charge is 2.20. The lowest BCUT2D eigenvalue weighted by atomic mass is 10.1. The van der Waals surface area contributed by atoms with E-state index in [0.717, 1.165) is 5.56 Å². The SMILES string of the molecule is COc1ccc(S(=O)(=O)Nc2ccccc2C(=O)NCCc2ccc(OC)c(OC)c2)cc1I. The first-order chi connectivity index (χ1) is 16.3. The standard InChI is InChI=1S/C24H25IN2O6S/c1-31-21-11-9-17(15-19(21)25)34(29,30)27-20-7-5-4-6-18(20)24(28)26-13-12-16-8-10-22(32-2)23(14-16)33-3/h4-11,14-15,27H,12-13H2,1-3H3,(H,26,28). The third kappa shape index (κ3) is 6.11. The number of methoxy groups -OCH3 is 3. The molecule has 3 aromatic rings. The molecule has 2 N–H and O–H groups in total. The van der Waals surface area contributed by atoms with Gasteiger partial charge in [-0.25, -0.2) is 8.42 Å². The zero-order valence-electron chi connectivity index (χ0n) is 18.9. The first-order valence-electron chi connectivity index (χ1n) is 10.2. The van der Waals surface area contributed by atoms with Crippen LogP contribution < -0.4 is 24.2 Å². The van der Waals surface area contributed by atoms with Crippen LogP contribution in [0.4, 0.5) is 5.69 Å². The Morgan fingerprint density at radius 2 is 1.56 bits per heavy atom. The second-order valence-electron chi connectivity index (χ2n) is 7.14. The molecule has 0 unspecified atom stereocenters. The predicted molar refractivity (Wildman–Crippen MR) is 139 cm³/mol. The number of carbonyl (C=O) groups excluding carboxylic acids is 1. The summed E-state index contributed by atoms with van der Waals surface area (Å²) in [6, 6.07) is 16.6. The Bertz CT molecular complexity index is 1280. The van der Waals surface area contributed by atoms with Crippen LogP contribution >= 0.6 is 22.6 Å². The summed E-state index contributed by atoms with van der Waals surface area (Å²) in [6.07, 6.45) is 0.560. The first kappa shape index (κ1) is 25.6. The van der Waals surface area contributed by atoms with Crippen LogP contribution in [0.25, 0.3) is 0 Å². The van der Waals surface area contributed by atoms with Crippen molar-refractivity contribution in [2.45, 2.75) is 11.3 Å². The fourth-order valence-corrected chi connectivity index (χ4v) is 5.29. The van der Waals surface area contributed by atoms with E-state index in [2.05, 4.69) is 10.0 Å². The quantitative estimate of drug-likeness (QED) is 0.342. The molecule has 0 aliphatic heterocycles. The molecule has 0 aliphatic carbocycles. The number of hydrogen-bond acceptors (Lipinski definition) is 6. The van der Waals surface area contributed by atoms with Crippen molar-refractivity contribution in [1.29, 1.82) is 0 Å². The number of benzene rings is 3. The molecule has 0 fully saturated rings. The van der Waals surface area contributed by atoms with Crippen LogP contribution in [0.2, 0.25) is 0 Å². The Hall–Kier alpha value is -2.99. The molecule has 0 spiro atoms. The van der Waals surface area contributed by atoms with E-state index in [4.69, 9.17) is 14.2 Å². The van der Waals surface area contributed by atoms with Gasteiger partial charge in [0.1, 0.15) is 5.75 Å². The molecule has 3 rings (SSSR count). The number of rotatable bonds is 10. The van der Waals surface area contributed by atoms with Crippen LogP contribution in [0.5, 0.6) is 17.2 Å². The highest BCUT2D eigenvalue weighted by molar-refractivity contribution is 14.1. The van der Waals surface area contributed by atoms with Gasteiger partial charge in [0.15, 0.2) is 11.5 Å². The summed E-state index contributed by atoms with van der Waals surface area (Å²) >= 11 is 2.01. The molecule has 10 heteroatoms. The van der Waals surface area contributed by atoms with Gasteiger partial charge in [-0.15, -0.1) is 0 Å². The van der Waals surface area contributed by atoms with E-state index in [1.807, 2.05) is 34.7 Å². The van der Waals surface area contributed by atoms with E-state index in [-0.39, 0.29) is 22.1 Å². The Kier molecular flexibility index (Phi) is 8.61. The number of halogens is 1. The Morgan fingerprint density at radius 1 is 0.882 bits per heavy atom. The average molecular weight is 596 g/mol. The van der Waals surface area contributed by atoms with E-state index < -0.39 is 10.0 Å². The van der Waals surface area contributed by atoms with Crippen LogP contribution in [0.15, 0.2) is 65.6 Å². The van der Waals surface area contributed by atoms with Crippen LogP contribution in [0, 0.1) is 3.57 Å². The molecule has 0 aliphatic rings. The third-order valence-electron chi connectivity index (χ3n) is 5.00. The maximum atomic E-state index is 12.9. The van der Waals surface area contributed by atoms with Gasteiger partial charge < -0.3 is 19.5 Å². The maximum absolute atomic E-state index is 12.9. The molecular formula is C24H25IN2O6S. The number of amides is 1. The van der Waals surface area contributed by atoms with Gasteiger partial charge in [-0.3, -0.25) is 9.52 Å². The molecule has 0 saturated carbocycles. The number of sulfonamides is 1. The second-order valence-corrected chi connectivity index (χ2v) is 9.99. The van der Waals surface area contributed by atoms with E-state index in [0.29, 0.717) is 33.8 Å². The first-order valence-corrected chi connectivity index (χ1v) is 12.8. The molecular weight excluding hydrogens is 571 g/mol. The van der Waals surface area contributed by atoms with Gasteiger partial charge in [0.2, 0.25) is 0 Å². The van der Waals surface area contributed by atoms with Crippen LogP contribution in [-0.2, 0) is 16.4 Å². The minimum absolute atomic E-state index is 0.0707. The van der Waals surface area contributed by atoms with Crippen molar-refractivity contribution in [3.05, 3.63) is 75.4 Å². The van der Waals surface area contributed by atoms with Gasteiger partial charge in [0.25, 0.3) is 15.9 Å². The molecule has 0 atom stereocenters. The molecule has 180 valence electrons. The molecule has 0 heterocycles. The summed E-state index contributed by atoms with van der Waals surface area (Å²) in [5.41, 5.74) is 1.37. The predicted octanol–water partition coefficient (Wildman–Crippen LogP) is 4.09. The van der Waals surface area contributed by atoms with Crippen LogP contribution in [-0.4, -0.2) is 42.2 Å². The largest absolute Gasteiger partial charge is 0.496 e. The molecule has 0 radical (unpaired) electrons. The number of anilines is 1. The van der Waals surface area contributed by atoms with Gasteiger partial charge >= 0.3 is 0 Å². The fourth-order valence-electron chi connectivity index (χ4n) is 3.24. The third-order valence-corrected chi connectivity index (χ3v) is 7.20. The lowest BCUT2D eigenvalue weighted by Gasteiger charge is -2.14. The summed E-state index contributed by atoms with van der Waals surface area (Å²) in [5, 5.41) is 2.84. The lowest BCUT2D eigenvalue weighted by Crippen LogP contribution is -2.27. The molecule has 0 saturated heterocycles.